The minimum atomic E-state index is -0.0889. The molecule has 1 amide bonds. The van der Waals surface area contributed by atoms with E-state index in [1.165, 1.54) is 11.3 Å². The van der Waals surface area contributed by atoms with Crippen molar-refractivity contribution in [2.45, 2.75) is 19.3 Å². The van der Waals surface area contributed by atoms with Gasteiger partial charge in [-0.2, -0.15) is 0 Å². The van der Waals surface area contributed by atoms with Crippen molar-refractivity contribution in [1.82, 2.24) is 10.2 Å². The van der Waals surface area contributed by atoms with E-state index in [0.29, 0.717) is 23.2 Å². The molecule has 1 unspecified atom stereocenters. The molecule has 3 rings (SSSR count). The van der Waals surface area contributed by atoms with Gasteiger partial charge in [-0.25, -0.2) is 0 Å². The molecule has 5 nitrogen and oxygen atoms in total. The Kier molecular flexibility index (Phi) is 5.02. The molecule has 2 heterocycles. The Morgan fingerprint density at radius 3 is 3.14 bits per heavy atom. The number of carbonyl (C=O) groups excluding carboxylic acids is 1. The Morgan fingerprint density at radius 1 is 1.45 bits per heavy atom. The molecule has 1 saturated heterocycles. The van der Waals surface area contributed by atoms with Crippen LogP contribution in [0.15, 0.2) is 24.3 Å². The van der Waals surface area contributed by atoms with Crippen LogP contribution in [0.2, 0.25) is 5.02 Å². The molecule has 116 valence electrons. The summed E-state index contributed by atoms with van der Waals surface area (Å²) in [5.74, 6) is -0.126. The summed E-state index contributed by atoms with van der Waals surface area (Å²) in [6.45, 7) is 1.23. The van der Waals surface area contributed by atoms with Crippen molar-refractivity contribution in [2.24, 2.45) is 5.92 Å². The Bertz CT molecular complexity index is 656. The van der Waals surface area contributed by atoms with Gasteiger partial charge >= 0.3 is 0 Å². The Labute approximate surface area is 137 Å². The fourth-order valence-corrected chi connectivity index (χ4v) is 3.34. The third kappa shape index (κ3) is 4.03. The smallest absolute Gasteiger partial charge is 0.231 e. The Balaban J connectivity index is 1.60. The first-order valence-electron chi connectivity index (χ1n) is 7.16. The van der Waals surface area contributed by atoms with E-state index in [0.717, 1.165) is 30.0 Å². The van der Waals surface area contributed by atoms with Crippen LogP contribution in [-0.4, -0.2) is 29.3 Å². The second-order valence-electron chi connectivity index (χ2n) is 5.21. The van der Waals surface area contributed by atoms with Gasteiger partial charge in [-0.3, -0.25) is 4.79 Å². The van der Waals surface area contributed by atoms with Crippen molar-refractivity contribution in [3.8, 4) is 0 Å². The number of halogens is 1. The molecular formula is C15H16ClN3O2S. The fraction of sp³-hybridized carbons (Fsp3) is 0.400. The van der Waals surface area contributed by atoms with Gasteiger partial charge in [0, 0.05) is 18.1 Å². The van der Waals surface area contributed by atoms with Crippen LogP contribution < -0.4 is 5.32 Å². The van der Waals surface area contributed by atoms with Gasteiger partial charge in [-0.15, -0.1) is 10.2 Å². The molecule has 1 aromatic carbocycles. The number of aromatic nitrogens is 2. The van der Waals surface area contributed by atoms with Crippen LogP contribution in [0.1, 0.15) is 23.4 Å². The predicted molar refractivity (Wildman–Crippen MR) is 86.3 cm³/mol. The molecule has 7 heteroatoms. The van der Waals surface area contributed by atoms with Crippen LogP contribution in [0.5, 0.6) is 0 Å². The highest BCUT2D eigenvalue weighted by Crippen LogP contribution is 2.22. The number of hydrogen-bond donors (Lipinski definition) is 1. The molecule has 1 N–H and O–H groups in total. The quantitative estimate of drug-likeness (QED) is 0.930. The molecule has 0 spiro atoms. The summed E-state index contributed by atoms with van der Waals surface area (Å²) in [7, 11) is 0. The predicted octanol–water partition coefficient (Wildman–Crippen LogP) is 3.15. The van der Waals surface area contributed by atoms with E-state index in [4.69, 9.17) is 16.3 Å². The number of anilines is 1. The van der Waals surface area contributed by atoms with Crippen LogP contribution in [-0.2, 0) is 16.0 Å². The third-order valence-corrected chi connectivity index (χ3v) is 4.55. The lowest BCUT2D eigenvalue weighted by Gasteiger charge is -2.20. The number of hydrogen-bond acceptors (Lipinski definition) is 5. The van der Waals surface area contributed by atoms with Gasteiger partial charge in [0.15, 0.2) is 0 Å². The lowest BCUT2D eigenvalue weighted by molar-refractivity contribution is -0.123. The maximum Gasteiger partial charge on any atom is 0.231 e. The second kappa shape index (κ2) is 7.17. The fourth-order valence-electron chi connectivity index (χ4n) is 2.35. The van der Waals surface area contributed by atoms with Gasteiger partial charge < -0.3 is 10.1 Å². The first kappa shape index (κ1) is 15.4. The van der Waals surface area contributed by atoms with Crippen molar-refractivity contribution >= 4 is 34.0 Å². The summed E-state index contributed by atoms with van der Waals surface area (Å²) in [4.78, 5) is 12.1. The highest BCUT2D eigenvalue weighted by Gasteiger charge is 2.22. The minimum Gasteiger partial charge on any atom is -0.381 e. The van der Waals surface area contributed by atoms with Crippen LogP contribution in [0.25, 0.3) is 0 Å². The minimum absolute atomic E-state index is 0.0369. The maximum atomic E-state index is 12.1. The van der Waals surface area contributed by atoms with E-state index in [-0.39, 0.29) is 11.8 Å². The van der Waals surface area contributed by atoms with Crippen LogP contribution >= 0.6 is 22.9 Å². The van der Waals surface area contributed by atoms with Gasteiger partial charge in [0.25, 0.3) is 0 Å². The molecule has 1 fully saturated rings. The number of nitrogens with zero attached hydrogens (tertiary/aromatic N) is 2. The molecule has 1 aromatic heterocycles. The topological polar surface area (TPSA) is 64.1 Å². The van der Waals surface area contributed by atoms with Crippen LogP contribution in [0.4, 0.5) is 5.13 Å². The van der Waals surface area contributed by atoms with E-state index < -0.39 is 0 Å². The van der Waals surface area contributed by atoms with Crippen LogP contribution in [0.3, 0.4) is 0 Å². The summed E-state index contributed by atoms with van der Waals surface area (Å²) in [6, 6.07) is 7.64. The molecular weight excluding hydrogens is 322 g/mol. The standard InChI is InChI=1S/C15H16ClN3O2S/c16-12-5-1-3-10(7-12)8-13-18-19-15(22-13)17-14(20)11-4-2-6-21-9-11/h1,3,5,7,11H,2,4,6,8-9H2,(H,17,19,20). The van der Waals surface area contributed by atoms with Gasteiger partial charge in [0.2, 0.25) is 11.0 Å². The average Bonchev–Trinajstić information content (AvgIpc) is 2.95. The van der Waals surface area contributed by atoms with E-state index in [1.54, 1.807) is 0 Å². The summed E-state index contributed by atoms with van der Waals surface area (Å²) >= 11 is 7.36. The first-order valence-corrected chi connectivity index (χ1v) is 8.35. The number of benzene rings is 1. The normalized spacial score (nSPS) is 18.1. The summed E-state index contributed by atoms with van der Waals surface area (Å²) in [6.07, 6.45) is 2.44. The molecule has 22 heavy (non-hydrogen) atoms. The van der Waals surface area contributed by atoms with Crippen molar-refractivity contribution in [2.75, 3.05) is 18.5 Å². The van der Waals surface area contributed by atoms with Gasteiger partial charge in [-0.05, 0) is 30.5 Å². The molecule has 0 bridgehead atoms. The molecule has 1 atom stereocenters. The lowest BCUT2D eigenvalue weighted by Crippen LogP contribution is -2.30. The molecule has 1 aliphatic heterocycles. The van der Waals surface area contributed by atoms with Gasteiger partial charge in [-0.1, -0.05) is 35.1 Å². The highest BCUT2D eigenvalue weighted by atomic mass is 35.5. The van der Waals surface area contributed by atoms with Gasteiger partial charge in [0.1, 0.15) is 5.01 Å². The summed E-state index contributed by atoms with van der Waals surface area (Å²) < 4.78 is 5.33. The molecule has 0 saturated carbocycles. The maximum absolute atomic E-state index is 12.1. The van der Waals surface area contributed by atoms with Crippen LogP contribution in [0, 0.1) is 5.92 Å². The first-order chi connectivity index (χ1) is 10.7. The Hall–Kier alpha value is -1.50. The van der Waals surface area contributed by atoms with E-state index in [1.807, 2.05) is 24.3 Å². The largest absolute Gasteiger partial charge is 0.381 e. The number of amides is 1. The van der Waals surface area contributed by atoms with Crippen molar-refractivity contribution in [1.29, 1.82) is 0 Å². The summed E-state index contributed by atoms with van der Waals surface area (Å²) in [5, 5.41) is 13.1. The molecule has 0 radical (unpaired) electrons. The SMILES string of the molecule is O=C(Nc1nnc(Cc2cccc(Cl)c2)s1)C1CCCOC1. The lowest BCUT2D eigenvalue weighted by atomic mass is 10.0. The third-order valence-electron chi connectivity index (χ3n) is 3.47. The highest BCUT2D eigenvalue weighted by molar-refractivity contribution is 7.15. The van der Waals surface area contributed by atoms with Crippen molar-refractivity contribution in [3.63, 3.8) is 0 Å². The summed E-state index contributed by atoms with van der Waals surface area (Å²) in [5.41, 5.74) is 1.07. The number of rotatable bonds is 4. The van der Waals surface area contributed by atoms with Gasteiger partial charge in [0.05, 0.1) is 12.5 Å². The second-order valence-corrected chi connectivity index (χ2v) is 6.71. The number of carbonyl (C=O) groups is 1. The zero-order chi connectivity index (χ0) is 15.4. The monoisotopic (exact) mass is 337 g/mol. The number of nitrogens with one attached hydrogen (secondary N) is 1. The van der Waals surface area contributed by atoms with E-state index in [9.17, 15) is 4.79 Å². The van der Waals surface area contributed by atoms with Crippen molar-refractivity contribution in [3.05, 3.63) is 39.9 Å². The zero-order valence-electron chi connectivity index (χ0n) is 11.9. The number of ether oxygens (including phenoxy) is 1. The molecule has 2 aromatic rings. The Morgan fingerprint density at radius 2 is 2.36 bits per heavy atom. The van der Waals surface area contributed by atoms with E-state index >= 15 is 0 Å². The zero-order valence-corrected chi connectivity index (χ0v) is 13.5. The van der Waals surface area contributed by atoms with Crippen molar-refractivity contribution < 1.29 is 9.53 Å². The average molecular weight is 338 g/mol. The molecule has 0 aliphatic carbocycles. The molecule has 1 aliphatic rings. The van der Waals surface area contributed by atoms with E-state index in [2.05, 4.69) is 15.5 Å².